The Morgan fingerprint density at radius 3 is 2.44 bits per heavy atom. The highest BCUT2D eigenvalue weighted by Gasteiger charge is 2.35. The molecular weight excluding hydrogens is 487 g/mol. The predicted octanol–water partition coefficient (Wildman–Crippen LogP) is 7.60. The number of carbonyl (C=O) groups is 2. The number of hydrogen-bond donors (Lipinski definition) is 0. The Morgan fingerprint density at radius 1 is 0.969 bits per heavy atom. The van der Waals surface area contributed by atoms with E-state index in [0.29, 0.717) is 25.5 Å². The van der Waals surface area contributed by atoms with Crippen LogP contribution in [0.25, 0.3) is 11.8 Å². The quantitative estimate of drug-likeness (QED) is 0.343. The minimum absolute atomic E-state index is 0.0960. The highest BCUT2D eigenvalue weighted by atomic mass is 35.5. The smallest absolute Gasteiger partial charge is 0.293 e. The third kappa shape index (κ3) is 4.23. The summed E-state index contributed by atoms with van der Waals surface area (Å²) in [6, 6.07) is 12.8. The lowest BCUT2D eigenvalue weighted by Crippen LogP contribution is -2.27. The summed E-state index contributed by atoms with van der Waals surface area (Å²) in [4.78, 5) is 27.1. The van der Waals surface area contributed by atoms with Crippen molar-refractivity contribution in [3.05, 3.63) is 90.5 Å². The molecule has 2 aromatic carbocycles. The first-order chi connectivity index (χ1) is 15.2. The van der Waals surface area contributed by atoms with Gasteiger partial charge in [-0.05, 0) is 85.6 Å². The Kier molecular flexibility index (Phi) is 6.46. The van der Waals surface area contributed by atoms with E-state index in [9.17, 15) is 9.59 Å². The fourth-order valence-electron chi connectivity index (χ4n) is 3.74. The lowest BCUT2D eigenvalue weighted by atomic mass is 10.2. The number of thioether (sulfide) groups is 1. The van der Waals surface area contributed by atoms with Crippen LogP contribution in [0.1, 0.15) is 28.1 Å². The van der Waals surface area contributed by atoms with Crippen molar-refractivity contribution < 1.29 is 9.59 Å². The molecule has 8 heteroatoms. The van der Waals surface area contributed by atoms with Gasteiger partial charge in [-0.25, -0.2) is 0 Å². The van der Waals surface area contributed by atoms with Crippen LogP contribution in [0.3, 0.4) is 0 Å². The lowest BCUT2D eigenvalue weighted by Gasteiger charge is -2.14. The molecule has 3 aromatic rings. The minimum Gasteiger partial charge on any atom is -0.318 e. The van der Waals surface area contributed by atoms with Gasteiger partial charge in [-0.1, -0.05) is 46.9 Å². The van der Waals surface area contributed by atoms with Crippen molar-refractivity contribution in [3.8, 4) is 5.69 Å². The number of rotatable bonds is 4. The Hall–Kier alpha value is -2.18. The molecule has 0 unspecified atom stereocenters. The van der Waals surface area contributed by atoms with Gasteiger partial charge in [0.15, 0.2) is 0 Å². The molecule has 1 aliphatic heterocycles. The zero-order valence-corrected chi connectivity index (χ0v) is 20.7. The number of amides is 2. The van der Waals surface area contributed by atoms with Crippen LogP contribution in [0.4, 0.5) is 4.79 Å². The van der Waals surface area contributed by atoms with Gasteiger partial charge in [0, 0.05) is 32.1 Å². The van der Waals surface area contributed by atoms with Crippen molar-refractivity contribution in [1.29, 1.82) is 0 Å². The number of aryl methyl sites for hydroxylation is 1. The second kappa shape index (κ2) is 8.99. The Balaban J connectivity index is 1.66. The van der Waals surface area contributed by atoms with Crippen LogP contribution in [0.5, 0.6) is 0 Å². The molecule has 32 heavy (non-hydrogen) atoms. The maximum absolute atomic E-state index is 13.0. The molecule has 2 heterocycles. The lowest BCUT2D eigenvalue weighted by molar-refractivity contribution is -0.123. The zero-order chi connectivity index (χ0) is 23.2. The van der Waals surface area contributed by atoms with Gasteiger partial charge in [-0.2, -0.15) is 0 Å². The fourth-order valence-corrected chi connectivity index (χ4v) is 5.21. The first kappa shape index (κ1) is 23.0. The topological polar surface area (TPSA) is 42.3 Å². The standard InChI is InChI=1S/C24H19Cl3N2O2S/c1-13-9-17(15(3)29(13)21-6-4-5-19(26)14(21)2)10-22-23(30)28(24(31)32-22)12-16-7-8-18(25)11-20(16)27/h4-11H,12H2,1-3H3/b22-10-. The number of carbonyl (C=O) groups excluding carboxylic acids is 2. The van der Waals surface area contributed by atoms with Crippen molar-refractivity contribution in [2.75, 3.05) is 0 Å². The van der Waals surface area contributed by atoms with Crippen molar-refractivity contribution in [2.24, 2.45) is 0 Å². The van der Waals surface area contributed by atoms with E-state index in [-0.39, 0.29) is 17.7 Å². The van der Waals surface area contributed by atoms with Gasteiger partial charge in [0.2, 0.25) is 0 Å². The van der Waals surface area contributed by atoms with Crippen molar-refractivity contribution in [3.63, 3.8) is 0 Å². The third-order valence-electron chi connectivity index (χ3n) is 5.45. The molecule has 0 atom stereocenters. The molecule has 0 N–H and O–H groups in total. The van der Waals surface area contributed by atoms with Crippen LogP contribution in [0.2, 0.25) is 15.1 Å². The van der Waals surface area contributed by atoms with Crippen LogP contribution in [-0.4, -0.2) is 20.6 Å². The van der Waals surface area contributed by atoms with Crippen molar-refractivity contribution in [2.45, 2.75) is 27.3 Å². The molecule has 0 saturated carbocycles. The van der Waals surface area contributed by atoms with Crippen LogP contribution in [-0.2, 0) is 11.3 Å². The SMILES string of the molecule is Cc1c(Cl)cccc1-n1c(C)cc(/C=C2\SC(=O)N(Cc3ccc(Cl)cc3Cl)C2=O)c1C. The van der Waals surface area contributed by atoms with E-state index in [1.165, 1.54) is 4.90 Å². The van der Waals surface area contributed by atoms with Gasteiger partial charge in [-0.15, -0.1) is 0 Å². The Morgan fingerprint density at radius 2 is 1.72 bits per heavy atom. The summed E-state index contributed by atoms with van der Waals surface area (Å²) in [6.45, 7) is 6.05. The predicted molar refractivity (Wildman–Crippen MR) is 133 cm³/mol. The summed E-state index contributed by atoms with van der Waals surface area (Å²) < 4.78 is 2.10. The fraction of sp³-hybridized carbons (Fsp3) is 0.167. The molecule has 2 amide bonds. The van der Waals surface area contributed by atoms with Gasteiger partial charge >= 0.3 is 0 Å². The van der Waals surface area contributed by atoms with Gasteiger partial charge in [0.1, 0.15) is 0 Å². The number of imide groups is 1. The average molecular weight is 506 g/mol. The van der Waals surface area contributed by atoms with E-state index in [4.69, 9.17) is 34.8 Å². The molecule has 4 rings (SSSR count). The van der Waals surface area contributed by atoms with Gasteiger partial charge in [0.25, 0.3) is 11.1 Å². The van der Waals surface area contributed by atoms with E-state index in [1.54, 1.807) is 24.3 Å². The maximum atomic E-state index is 13.0. The first-order valence-corrected chi connectivity index (χ1v) is 11.8. The Bertz CT molecular complexity index is 1300. The second-order valence-electron chi connectivity index (χ2n) is 7.55. The molecular formula is C24H19Cl3N2O2S. The van der Waals surface area contributed by atoms with Crippen LogP contribution in [0, 0.1) is 20.8 Å². The molecule has 1 aromatic heterocycles. The third-order valence-corrected chi connectivity index (χ3v) is 7.36. The van der Waals surface area contributed by atoms with Gasteiger partial charge in [0.05, 0.1) is 11.4 Å². The van der Waals surface area contributed by atoms with Crippen molar-refractivity contribution in [1.82, 2.24) is 9.47 Å². The number of halogens is 3. The molecule has 0 radical (unpaired) electrons. The average Bonchev–Trinajstić information content (AvgIpc) is 3.15. The zero-order valence-electron chi connectivity index (χ0n) is 17.6. The highest BCUT2D eigenvalue weighted by molar-refractivity contribution is 8.18. The molecule has 1 saturated heterocycles. The van der Waals surface area contributed by atoms with Crippen LogP contribution >= 0.6 is 46.6 Å². The molecule has 0 spiro atoms. The normalized spacial score (nSPS) is 15.3. The number of benzene rings is 2. The summed E-state index contributed by atoms with van der Waals surface area (Å²) in [5, 5.41) is 1.28. The first-order valence-electron chi connectivity index (χ1n) is 9.81. The molecule has 0 aliphatic carbocycles. The summed E-state index contributed by atoms with van der Waals surface area (Å²) in [5.41, 5.74) is 5.46. The summed E-state index contributed by atoms with van der Waals surface area (Å²) >= 11 is 19.4. The van der Waals surface area contributed by atoms with E-state index >= 15 is 0 Å². The number of aromatic nitrogens is 1. The van der Waals surface area contributed by atoms with Gasteiger partial charge in [-0.3, -0.25) is 14.5 Å². The van der Waals surface area contributed by atoms with Gasteiger partial charge < -0.3 is 4.57 Å². The molecule has 4 nitrogen and oxygen atoms in total. The monoisotopic (exact) mass is 504 g/mol. The Labute approximate surface area is 205 Å². The van der Waals surface area contributed by atoms with Crippen LogP contribution < -0.4 is 0 Å². The van der Waals surface area contributed by atoms with Crippen LogP contribution in [0.15, 0.2) is 47.4 Å². The van der Waals surface area contributed by atoms with Crippen molar-refractivity contribution >= 4 is 63.8 Å². The van der Waals surface area contributed by atoms with E-state index in [1.807, 2.05) is 45.0 Å². The highest BCUT2D eigenvalue weighted by Crippen LogP contribution is 2.36. The summed E-state index contributed by atoms with van der Waals surface area (Å²) in [6.07, 6.45) is 1.77. The van der Waals surface area contributed by atoms with E-state index in [2.05, 4.69) is 4.57 Å². The molecule has 0 bridgehead atoms. The maximum Gasteiger partial charge on any atom is 0.293 e. The largest absolute Gasteiger partial charge is 0.318 e. The molecule has 164 valence electrons. The van der Waals surface area contributed by atoms with E-state index < -0.39 is 0 Å². The summed E-state index contributed by atoms with van der Waals surface area (Å²) in [5.74, 6) is -0.338. The molecule has 1 fully saturated rings. The summed E-state index contributed by atoms with van der Waals surface area (Å²) in [7, 11) is 0. The van der Waals surface area contributed by atoms with E-state index in [0.717, 1.165) is 40.0 Å². The number of hydrogen-bond acceptors (Lipinski definition) is 3. The minimum atomic E-state index is -0.338. The number of nitrogens with zero attached hydrogens (tertiary/aromatic N) is 2. The second-order valence-corrected chi connectivity index (χ2v) is 9.79. The molecule has 1 aliphatic rings.